The van der Waals surface area contributed by atoms with Crippen LogP contribution in [0.2, 0.25) is 0 Å². The van der Waals surface area contributed by atoms with Crippen LogP contribution in [0.15, 0.2) is 54.9 Å². The van der Waals surface area contributed by atoms with Crippen LogP contribution in [0.25, 0.3) is 21.9 Å². The van der Waals surface area contributed by atoms with Gasteiger partial charge in [-0.05, 0) is 23.3 Å². The van der Waals surface area contributed by atoms with Gasteiger partial charge in [0.15, 0.2) is 0 Å². The molecule has 1 N–H and O–H groups in total. The molecule has 0 radical (unpaired) electrons. The lowest BCUT2D eigenvalue weighted by atomic mass is 9.98. The number of rotatable bonds is 2. The zero-order valence-electron chi connectivity index (χ0n) is 9.95. The normalized spacial score (nSPS) is 10.5. The summed E-state index contributed by atoms with van der Waals surface area (Å²) < 4.78 is 0. The van der Waals surface area contributed by atoms with Crippen molar-refractivity contribution in [3.63, 3.8) is 0 Å². The van der Waals surface area contributed by atoms with Gasteiger partial charge in [-0.1, -0.05) is 30.3 Å². The van der Waals surface area contributed by atoms with Crippen molar-refractivity contribution in [2.75, 3.05) is 0 Å². The standard InChI is InChI=1S/C15H10N2O2/c18-15(19)14-4-2-1-3-13(14)10-5-6-11-8-16-17-9-12(11)7-10/h1-9H,(H,18,19). The van der Waals surface area contributed by atoms with Crippen molar-refractivity contribution in [2.24, 2.45) is 0 Å². The lowest BCUT2D eigenvalue weighted by Gasteiger charge is -2.07. The predicted octanol–water partition coefficient (Wildman–Crippen LogP) is 3.00. The number of benzene rings is 2. The Morgan fingerprint density at radius 1 is 0.947 bits per heavy atom. The third kappa shape index (κ3) is 2.04. The van der Waals surface area contributed by atoms with Crippen molar-refractivity contribution in [1.82, 2.24) is 10.2 Å². The van der Waals surface area contributed by atoms with Gasteiger partial charge in [-0.2, -0.15) is 10.2 Å². The summed E-state index contributed by atoms with van der Waals surface area (Å²) in [7, 11) is 0. The Balaban J connectivity index is 2.22. The summed E-state index contributed by atoms with van der Waals surface area (Å²) in [6.07, 6.45) is 3.35. The second-order valence-corrected chi connectivity index (χ2v) is 4.18. The van der Waals surface area contributed by atoms with E-state index in [2.05, 4.69) is 10.2 Å². The summed E-state index contributed by atoms with van der Waals surface area (Å²) in [4.78, 5) is 11.2. The highest BCUT2D eigenvalue weighted by Crippen LogP contribution is 2.26. The minimum Gasteiger partial charge on any atom is -0.478 e. The fourth-order valence-electron chi connectivity index (χ4n) is 2.08. The molecular formula is C15H10N2O2. The number of fused-ring (bicyclic) bond motifs is 1. The van der Waals surface area contributed by atoms with Gasteiger partial charge in [-0.15, -0.1) is 0 Å². The molecule has 4 nitrogen and oxygen atoms in total. The topological polar surface area (TPSA) is 63.1 Å². The maximum absolute atomic E-state index is 11.2. The van der Waals surface area contributed by atoms with Crippen LogP contribution in [-0.4, -0.2) is 21.3 Å². The first-order valence-electron chi connectivity index (χ1n) is 5.79. The van der Waals surface area contributed by atoms with Gasteiger partial charge in [-0.25, -0.2) is 4.79 Å². The third-order valence-electron chi connectivity index (χ3n) is 3.02. The molecule has 3 rings (SSSR count). The Labute approximate surface area is 109 Å². The molecule has 0 saturated heterocycles. The molecule has 0 unspecified atom stereocenters. The summed E-state index contributed by atoms with van der Waals surface area (Å²) in [6.45, 7) is 0. The second kappa shape index (κ2) is 4.49. The van der Waals surface area contributed by atoms with Gasteiger partial charge in [0.2, 0.25) is 0 Å². The van der Waals surface area contributed by atoms with Crippen molar-refractivity contribution in [3.8, 4) is 11.1 Å². The number of aromatic carboxylic acids is 1. The molecule has 0 amide bonds. The Kier molecular flexibility index (Phi) is 2.68. The maximum Gasteiger partial charge on any atom is 0.336 e. The van der Waals surface area contributed by atoms with Crippen molar-refractivity contribution >= 4 is 16.7 Å². The second-order valence-electron chi connectivity index (χ2n) is 4.18. The lowest BCUT2D eigenvalue weighted by molar-refractivity contribution is 0.0697. The molecule has 0 aliphatic rings. The first-order valence-corrected chi connectivity index (χ1v) is 5.79. The SMILES string of the molecule is O=C(O)c1ccccc1-c1ccc2cnncc2c1. The van der Waals surface area contributed by atoms with Crippen LogP contribution in [0.3, 0.4) is 0 Å². The maximum atomic E-state index is 11.2. The molecule has 3 aromatic rings. The average molecular weight is 250 g/mol. The highest BCUT2D eigenvalue weighted by molar-refractivity contribution is 5.97. The van der Waals surface area contributed by atoms with Crippen LogP contribution in [0.1, 0.15) is 10.4 Å². The number of aromatic nitrogens is 2. The summed E-state index contributed by atoms with van der Waals surface area (Å²) in [5, 5.41) is 18.8. The zero-order chi connectivity index (χ0) is 13.2. The first-order chi connectivity index (χ1) is 9.25. The third-order valence-corrected chi connectivity index (χ3v) is 3.02. The molecule has 0 spiro atoms. The van der Waals surface area contributed by atoms with E-state index in [1.54, 1.807) is 30.6 Å². The zero-order valence-corrected chi connectivity index (χ0v) is 9.95. The van der Waals surface area contributed by atoms with Gasteiger partial charge in [0.1, 0.15) is 0 Å². The number of hydrogen-bond donors (Lipinski definition) is 1. The van der Waals surface area contributed by atoms with E-state index in [0.717, 1.165) is 16.3 Å². The smallest absolute Gasteiger partial charge is 0.336 e. The van der Waals surface area contributed by atoms with Crippen LogP contribution < -0.4 is 0 Å². The predicted molar refractivity (Wildman–Crippen MR) is 71.9 cm³/mol. The summed E-state index contributed by atoms with van der Waals surface area (Å²) in [5.41, 5.74) is 1.86. The van der Waals surface area contributed by atoms with E-state index in [-0.39, 0.29) is 0 Å². The molecule has 0 saturated carbocycles. The van der Waals surface area contributed by atoms with Crippen molar-refractivity contribution in [3.05, 3.63) is 60.4 Å². The fraction of sp³-hybridized carbons (Fsp3) is 0. The minimum absolute atomic E-state index is 0.295. The van der Waals surface area contributed by atoms with Crippen LogP contribution in [-0.2, 0) is 0 Å². The largest absolute Gasteiger partial charge is 0.478 e. The monoisotopic (exact) mass is 250 g/mol. The van der Waals surface area contributed by atoms with Gasteiger partial charge in [0, 0.05) is 10.8 Å². The van der Waals surface area contributed by atoms with E-state index in [0.29, 0.717) is 11.1 Å². The molecule has 0 aliphatic carbocycles. The van der Waals surface area contributed by atoms with Crippen molar-refractivity contribution in [1.29, 1.82) is 0 Å². The molecule has 1 aromatic heterocycles. The molecule has 0 atom stereocenters. The Morgan fingerprint density at radius 2 is 1.68 bits per heavy atom. The van der Waals surface area contributed by atoms with Gasteiger partial charge in [-0.3, -0.25) is 0 Å². The van der Waals surface area contributed by atoms with E-state index >= 15 is 0 Å². The molecule has 1 heterocycles. The van der Waals surface area contributed by atoms with E-state index in [4.69, 9.17) is 0 Å². The van der Waals surface area contributed by atoms with Gasteiger partial charge in [0.25, 0.3) is 0 Å². The molecular weight excluding hydrogens is 240 g/mol. The van der Waals surface area contributed by atoms with E-state index in [9.17, 15) is 9.90 Å². The quantitative estimate of drug-likeness (QED) is 0.759. The van der Waals surface area contributed by atoms with Crippen LogP contribution in [0, 0.1) is 0 Å². The molecule has 92 valence electrons. The van der Waals surface area contributed by atoms with E-state index in [1.807, 2.05) is 24.3 Å². The lowest BCUT2D eigenvalue weighted by Crippen LogP contribution is -1.98. The van der Waals surface area contributed by atoms with E-state index < -0.39 is 5.97 Å². The molecule has 19 heavy (non-hydrogen) atoms. The molecule has 0 aliphatic heterocycles. The first kappa shape index (κ1) is 11.3. The van der Waals surface area contributed by atoms with Gasteiger partial charge >= 0.3 is 5.97 Å². The Morgan fingerprint density at radius 3 is 2.47 bits per heavy atom. The summed E-state index contributed by atoms with van der Waals surface area (Å²) >= 11 is 0. The average Bonchev–Trinajstić information content (AvgIpc) is 2.46. The molecule has 0 bridgehead atoms. The van der Waals surface area contributed by atoms with Crippen LogP contribution >= 0.6 is 0 Å². The Hall–Kier alpha value is -2.75. The number of carboxylic acids is 1. The highest BCUT2D eigenvalue weighted by Gasteiger charge is 2.10. The number of carbonyl (C=O) groups is 1. The van der Waals surface area contributed by atoms with E-state index in [1.165, 1.54) is 0 Å². The number of hydrogen-bond acceptors (Lipinski definition) is 3. The number of nitrogens with zero attached hydrogens (tertiary/aromatic N) is 2. The van der Waals surface area contributed by atoms with Gasteiger partial charge in [0.05, 0.1) is 18.0 Å². The summed E-state index contributed by atoms with van der Waals surface area (Å²) in [5.74, 6) is -0.927. The Bertz CT molecular complexity index is 769. The molecule has 0 fully saturated rings. The van der Waals surface area contributed by atoms with Crippen LogP contribution in [0.5, 0.6) is 0 Å². The fourth-order valence-corrected chi connectivity index (χ4v) is 2.08. The molecule has 2 aromatic carbocycles. The highest BCUT2D eigenvalue weighted by atomic mass is 16.4. The van der Waals surface area contributed by atoms with Gasteiger partial charge < -0.3 is 5.11 Å². The molecule has 4 heteroatoms. The van der Waals surface area contributed by atoms with Crippen molar-refractivity contribution < 1.29 is 9.90 Å². The minimum atomic E-state index is -0.927. The summed E-state index contributed by atoms with van der Waals surface area (Å²) in [6, 6.07) is 12.7. The van der Waals surface area contributed by atoms with Crippen molar-refractivity contribution in [2.45, 2.75) is 0 Å². The van der Waals surface area contributed by atoms with Crippen LogP contribution in [0.4, 0.5) is 0 Å². The number of carboxylic acid groups (broad SMARTS) is 1.